The molecule has 1 saturated heterocycles. The van der Waals surface area contributed by atoms with Gasteiger partial charge in [-0.1, -0.05) is 6.08 Å². The highest BCUT2D eigenvalue weighted by atomic mass is 16.7. The minimum atomic E-state index is -1.22. The molecule has 0 spiro atoms. The minimum Gasteiger partial charge on any atom is -0.388 e. The molecule has 0 aliphatic carbocycles. The Morgan fingerprint density at radius 1 is 1.38 bits per heavy atom. The lowest BCUT2D eigenvalue weighted by Crippen LogP contribution is -2.53. The van der Waals surface area contributed by atoms with E-state index in [9.17, 15) is 10.2 Å². The molecule has 5 nitrogen and oxygen atoms in total. The number of hydrogen-bond donors (Lipinski definition) is 3. The summed E-state index contributed by atoms with van der Waals surface area (Å²) in [5.41, 5.74) is 0. The molecule has 76 valence electrons. The number of rotatable bonds is 3. The molecule has 1 aliphatic rings. The molecule has 0 bridgehead atoms. The molecule has 1 aliphatic heterocycles. The first-order valence-corrected chi connectivity index (χ1v) is 4.05. The summed E-state index contributed by atoms with van der Waals surface area (Å²) in [5.74, 6) is 0. The second-order valence-electron chi connectivity index (χ2n) is 2.87. The molecule has 0 aromatic rings. The van der Waals surface area contributed by atoms with Gasteiger partial charge in [0.25, 0.3) is 0 Å². The maximum atomic E-state index is 9.34. The van der Waals surface area contributed by atoms with Crippen molar-refractivity contribution in [1.29, 1.82) is 0 Å². The highest BCUT2D eigenvalue weighted by Crippen LogP contribution is 2.16. The molecular formula is C8H14O5. The number of aliphatic hydroxyl groups excluding tert-OH is 3. The molecule has 0 saturated carbocycles. The maximum Gasteiger partial charge on any atom is 0.186 e. The minimum absolute atomic E-state index is 0.0416. The summed E-state index contributed by atoms with van der Waals surface area (Å²) >= 11 is 0. The van der Waals surface area contributed by atoms with Crippen molar-refractivity contribution in [3.8, 4) is 0 Å². The van der Waals surface area contributed by atoms with Crippen LogP contribution in [0.1, 0.15) is 0 Å². The van der Waals surface area contributed by atoms with Crippen LogP contribution in [-0.2, 0) is 9.47 Å². The highest BCUT2D eigenvalue weighted by molar-refractivity contribution is 4.83. The molecule has 5 heteroatoms. The molecule has 1 rings (SSSR count). The van der Waals surface area contributed by atoms with Crippen LogP contribution in [0.3, 0.4) is 0 Å². The standard InChI is InChI=1S/C8H14O5/c1-2-3-12-8-7(11)6(10)5(9)4-13-8/h2,5-11H,1,3-4H2/t5-,6-,7+,8+/m1/s1. The van der Waals surface area contributed by atoms with Crippen molar-refractivity contribution >= 4 is 0 Å². The zero-order valence-corrected chi connectivity index (χ0v) is 7.17. The SMILES string of the molecule is C=CCO[C@H]1OC[C@@H](O)[C@@H](O)[C@@H]1O. The van der Waals surface area contributed by atoms with Gasteiger partial charge in [0, 0.05) is 0 Å². The first-order valence-electron chi connectivity index (χ1n) is 4.05. The fourth-order valence-electron chi connectivity index (χ4n) is 1.09. The normalized spacial score (nSPS) is 40.2. The van der Waals surface area contributed by atoms with Gasteiger partial charge in [-0.05, 0) is 0 Å². The van der Waals surface area contributed by atoms with Crippen molar-refractivity contribution in [3.63, 3.8) is 0 Å². The lowest BCUT2D eigenvalue weighted by molar-refractivity contribution is -0.266. The Morgan fingerprint density at radius 3 is 2.69 bits per heavy atom. The van der Waals surface area contributed by atoms with E-state index in [2.05, 4.69) is 6.58 Å². The Kier molecular flexibility index (Phi) is 3.83. The summed E-state index contributed by atoms with van der Waals surface area (Å²) in [6.07, 6.45) is -2.88. The van der Waals surface area contributed by atoms with Crippen LogP contribution in [-0.4, -0.2) is 53.1 Å². The van der Waals surface area contributed by atoms with Crippen LogP contribution < -0.4 is 0 Å². The molecule has 1 fully saturated rings. The quantitative estimate of drug-likeness (QED) is 0.478. The fraction of sp³-hybridized carbons (Fsp3) is 0.750. The van der Waals surface area contributed by atoms with Crippen LogP contribution in [0, 0.1) is 0 Å². The summed E-state index contributed by atoms with van der Waals surface area (Å²) in [4.78, 5) is 0. The van der Waals surface area contributed by atoms with E-state index in [1.807, 2.05) is 0 Å². The van der Waals surface area contributed by atoms with E-state index in [-0.39, 0.29) is 13.2 Å². The maximum absolute atomic E-state index is 9.34. The molecule has 0 radical (unpaired) electrons. The van der Waals surface area contributed by atoms with Crippen LogP contribution in [0.25, 0.3) is 0 Å². The first kappa shape index (κ1) is 10.6. The third-order valence-corrected chi connectivity index (χ3v) is 1.83. The lowest BCUT2D eigenvalue weighted by atomic mass is 10.1. The third kappa shape index (κ3) is 2.49. The third-order valence-electron chi connectivity index (χ3n) is 1.83. The van der Waals surface area contributed by atoms with E-state index in [0.717, 1.165) is 0 Å². The monoisotopic (exact) mass is 190 g/mol. The van der Waals surface area contributed by atoms with Gasteiger partial charge in [0.1, 0.15) is 18.3 Å². The average Bonchev–Trinajstić information content (AvgIpc) is 2.13. The van der Waals surface area contributed by atoms with Gasteiger partial charge in [-0.2, -0.15) is 0 Å². The second-order valence-corrected chi connectivity index (χ2v) is 2.87. The second kappa shape index (κ2) is 4.69. The zero-order chi connectivity index (χ0) is 9.84. The van der Waals surface area contributed by atoms with Gasteiger partial charge < -0.3 is 24.8 Å². The number of hydrogen-bond acceptors (Lipinski definition) is 5. The summed E-state index contributed by atoms with van der Waals surface area (Å²) in [7, 11) is 0. The smallest absolute Gasteiger partial charge is 0.186 e. The number of ether oxygens (including phenoxy) is 2. The van der Waals surface area contributed by atoms with Crippen LogP contribution in [0.4, 0.5) is 0 Å². The Labute approximate surface area is 76.2 Å². The molecule has 0 aromatic heterocycles. The van der Waals surface area contributed by atoms with Crippen molar-refractivity contribution in [3.05, 3.63) is 12.7 Å². The lowest BCUT2D eigenvalue weighted by Gasteiger charge is -2.34. The molecule has 0 unspecified atom stereocenters. The first-order chi connectivity index (χ1) is 6.16. The largest absolute Gasteiger partial charge is 0.388 e. The molecular weight excluding hydrogens is 176 g/mol. The van der Waals surface area contributed by atoms with E-state index in [1.54, 1.807) is 0 Å². The van der Waals surface area contributed by atoms with Crippen molar-refractivity contribution in [2.45, 2.75) is 24.6 Å². The topological polar surface area (TPSA) is 79.2 Å². The summed E-state index contributed by atoms with van der Waals surface area (Å²) in [6, 6.07) is 0. The average molecular weight is 190 g/mol. The van der Waals surface area contributed by atoms with Crippen LogP contribution in [0.2, 0.25) is 0 Å². The Bertz CT molecular complexity index is 172. The highest BCUT2D eigenvalue weighted by Gasteiger charge is 2.37. The molecule has 1 heterocycles. The Hall–Kier alpha value is -0.460. The van der Waals surface area contributed by atoms with Gasteiger partial charge in [0.05, 0.1) is 13.2 Å². The van der Waals surface area contributed by atoms with E-state index in [1.165, 1.54) is 6.08 Å². The predicted molar refractivity (Wildman–Crippen MR) is 43.9 cm³/mol. The van der Waals surface area contributed by atoms with Gasteiger partial charge in [-0.25, -0.2) is 0 Å². The summed E-state index contributed by atoms with van der Waals surface area (Å²) in [6.45, 7) is 3.62. The Morgan fingerprint density at radius 2 is 2.08 bits per heavy atom. The van der Waals surface area contributed by atoms with Crippen molar-refractivity contribution < 1.29 is 24.8 Å². The van der Waals surface area contributed by atoms with Crippen molar-refractivity contribution in [2.75, 3.05) is 13.2 Å². The molecule has 13 heavy (non-hydrogen) atoms. The fourth-order valence-corrected chi connectivity index (χ4v) is 1.09. The van der Waals surface area contributed by atoms with Crippen LogP contribution in [0.5, 0.6) is 0 Å². The van der Waals surface area contributed by atoms with Crippen LogP contribution >= 0.6 is 0 Å². The Balaban J connectivity index is 2.43. The van der Waals surface area contributed by atoms with Gasteiger partial charge >= 0.3 is 0 Å². The van der Waals surface area contributed by atoms with Crippen molar-refractivity contribution in [2.24, 2.45) is 0 Å². The number of aliphatic hydroxyl groups is 3. The van der Waals surface area contributed by atoms with E-state index in [4.69, 9.17) is 14.6 Å². The zero-order valence-electron chi connectivity index (χ0n) is 7.17. The van der Waals surface area contributed by atoms with Crippen LogP contribution in [0.15, 0.2) is 12.7 Å². The van der Waals surface area contributed by atoms with Gasteiger partial charge in [0.15, 0.2) is 6.29 Å². The van der Waals surface area contributed by atoms with E-state index >= 15 is 0 Å². The molecule has 4 atom stereocenters. The van der Waals surface area contributed by atoms with Gasteiger partial charge in [0.2, 0.25) is 0 Å². The van der Waals surface area contributed by atoms with E-state index < -0.39 is 24.6 Å². The molecule has 0 amide bonds. The van der Waals surface area contributed by atoms with Gasteiger partial charge in [-0.15, -0.1) is 6.58 Å². The summed E-state index contributed by atoms with van der Waals surface area (Å²) < 4.78 is 9.95. The predicted octanol–water partition coefficient (Wildman–Crippen LogP) is -1.37. The van der Waals surface area contributed by atoms with Gasteiger partial charge in [-0.3, -0.25) is 0 Å². The summed E-state index contributed by atoms with van der Waals surface area (Å²) in [5, 5.41) is 27.7. The van der Waals surface area contributed by atoms with Crippen molar-refractivity contribution in [1.82, 2.24) is 0 Å². The molecule has 3 N–H and O–H groups in total. The van der Waals surface area contributed by atoms with E-state index in [0.29, 0.717) is 0 Å². The molecule has 0 aromatic carbocycles.